The number of rotatable bonds is 3. The van der Waals surface area contributed by atoms with Gasteiger partial charge in [-0.3, -0.25) is 19.3 Å². The van der Waals surface area contributed by atoms with E-state index < -0.39 is 93.0 Å². The number of Topliss-reactive ketones (excluding diaryl/α,β-unsaturated/α-hetero) is 2. The van der Waals surface area contributed by atoms with E-state index in [2.05, 4.69) is 10.6 Å². The van der Waals surface area contributed by atoms with E-state index in [1.165, 1.54) is 31.1 Å². The Balaban J connectivity index is 1.93. The average Bonchev–Trinajstić information content (AvgIpc) is 2.81. The Morgan fingerprint density at radius 3 is 2.23 bits per heavy atom. The summed E-state index contributed by atoms with van der Waals surface area (Å²) in [7, 11) is 2.87. The molecule has 0 aromatic heterocycles. The summed E-state index contributed by atoms with van der Waals surface area (Å²) in [5.41, 5.74) is 0.237. The molecule has 0 bridgehead atoms. The first-order valence-corrected chi connectivity index (χ1v) is 12.6. The van der Waals surface area contributed by atoms with Gasteiger partial charge in [0.15, 0.2) is 11.4 Å². The SMILES string of the molecule is C[C@H]1c2ccc(NC(=O)NC(C)(C)C)c(O)c2C(O)=C2C(=O)[C@]3(O)C(O)=C(C(N)=O)C(=O)C(N(C)C)[C@@H]3[C@@H](O)[C@@H]21. The van der Waals surface area contributed by atoms with Crippen LogP contribution in [-0.4, -0.2) is 91.3 Å². The van der Waals surface area contributed by atoms with Crippen molar-refractivity contribution in [1.82, 2.24) is 10.2 Å². The Bertz CT molecular complexity index is 1410. The number of ketones is 2. The van der Waals surface area contributed by atoms with E-state index in [1.807, 2.05) is 0 Å². The number of amides is 3. The Labute approximate surface area is 230 Å². The second-order valence-corrected chi connectivity index (χ2v) is 11.8. The number of nitrogens with zero attached hydrogens (tertiary/aromatic N) is 1. The largest absolute Gasteiger partial charge is 0.508 e. The lowest BCUT2D eigenvalue weighted by atomic mass is 9.54. The predicted octanol–water partition coefficient (Wildman–Crippen LogP) is 0.416. The lowest BCUT2D eigenvalue weighted by Gasteiger charge is -2.53. The monoisotopic (exact) mass is 558 g/mol. The molecule has 4 rings (SSSR count). The molecule has 13 nitrogen and oxygen atoms in total. The number of hydrogen-bond acceptors (Lipinski definition) is 10. The number of nitrogens with two attached hydrogens (primary N) is 1. The van der Waals surface area contributed by atoms with Gasteiger partial charge in [-0.25, -0.2) is 4.79 Å². The highest BCUT2D eigenvalue weighted by atomic mass is 16.4. The number of aromatic hydroxyl groups is 1. The lowest BCUT2D eigenvalue weighted by molar-refractivity contribution is -0.169. The van der Waals surface area contributed by atoms with Gasteiger partial charge in [0.05, 0.1) is 29.3 Å². The van der Waals surface area contributed by atoms with E-state index in [4.69, 9.17) is 5.73 Å². The molecular weight excluding hydrogens is 524 g/mol. The molecule has 1 fully saturated rings. The number of benzene rings is 1. The molecule has 13 heteroatoms. The van der Waals surface area contributed by atoms with Crippen molar-refractivity contribution >= 4 is 35.0 Å². The smallest absolute Gasteiger partial charge is 0.319 e. The highest BCUT2D eigenvalue weighted by Gasteiger charge is 2.68. The molecule has 6 atom stereocenters. The van der Waals surface area contributed by atoms with Gasteiger partial charge >= 0.3 is 6.03 Å². The summed E-state index contributed by atoms with van der Waals surface area (Å²) < 4.78 is 0. The molecule has 9 N–H and O–H groups in total. The van der Waals surface area contributed by atoms with Crippen LogP contribution in [0.3, 0.4) is 0 Å². The fraction of sp³-hybridized carbons (Fsp3) is 0.481. The molecular formula is C27H34N4O9. The number of urea groups is 1. The topological polar surface area (TPSA) is 223 Å². The second-order valence-electron chi connectivity index (χ2n) is 11.8. The first-order chi connectivity index (χ1) is 18.4. The summed E-state index contributed by atoms with van der Waals surface area (Å²) >= 11 is 0. The number of phenolic OH excluding ortho intramolecular Hbond substituents is 1. The molecule has 1 unspecified atom stereocenters. The summed E-state index contributed by atoms with van der Waals surface area (Å²) in [5, 5.41) is 61.9. The number of phenols is 1. The quantitative estimate of drug-likeness (QED) is 0.188. The van der Waals surface area contributed by atoms with Crippen molar-refractivity contribution in [2.75, 3.05) is 19.4 Å². The summed E-state index contributed by atoms with van der Waals surface area (Å²) in [6, 6.07) is 0.837. The summed E-state index contributed by atoms with van der Waals surface area (Å²) in [5.74, 6) is -9.86. The minimum Gasteiger partial charge on any atom is -0.508 e. The van der Waals surface area contributed by atoms with Crippen LogP contribution in [0.2, 0.25) is 0 Å². The molecule has 216 valence electrons. The Hall–Kier alpha value is -3.94. The maximum Gasteiger partial charge on any atom is 0.319 e. The van der Waals surface area contributed by atoms with Crippen LogP contribution in [0, 0.1) is 11.8 Å². The van der Waals surface area contributed by atoms with Crippen LogP contribution in [0.4, 0.5) is 10.5 Å². The summed E-state index contributed by atoms with van der Waals surface area (Å²) in [6.45, 7) is 6.88. The molecule has 0 aliphatic heterocycles. The third-order valence-electron chi connectivity index (χ3n) is 7.87. The molecule has 3 amide bonds. The number of carbonyl (C=O) groups excluding carboxylic acids is 4. The van der Waals surface area contributed by atoms with Gasteiger partial charge in [-0.1, -0.05) is 13.0 Å². The standard InChI is InChI=1S/C27H34N4O9/c1-9-10-7-8-11(29-25(39)30-26(2,3)4)18(32)13(10)19(33)14-12(9)20(34)16-17(31(5)6)21(35)15(24(28)38)23(37)27(16,40)22(14)36/h7-9,12,16-17,20,32-34,37,40H,1-6H3,(H2,28,38)(H2,29,30,39)/t9-,12+,16+,17?,20-,27-/m0/s1. The zero-order chi connectivity index (χ0) is 30.2. The van der Waals surface area contributed by atoms with E-state index in [0.717, 1.165) is 0 Å². The molecule has 0 saturated heterocycles. The fourth-order valence-corrected chi connectivity index (χ4v) is 6.21. The number of nitrogens with one attached hydrogen (secondary N) is 2. The van der Waals surface area contributed by atoms with E-state index in [1.54, 1.807) is 27.7 Å². The number of aliphatic hydroxyl groups is 4. The van der Waals surface area contributed by atoms with E-state index >= 15 is 0 Å². The highest BCUT2D eigenvalue weighted by molar-refractivity contribution is 6.24. The molecule has 0 heterocycles. The van der Waals surface area contributed by atoms with Crippen LogP contribution in [0.1, 0.15) is 44.7 Å². The zero-order valence-corrected chi connectivity index (χ0v) is 22.9. The van der Waals surface area contributed by atoms with Crippen LogP contribution < -0.4 is 16.4 Å². The van der Waals surface area contributed by atoms with Crippen LogP contribution in [0.15, 0.2) is 29.0 Å². The molecule has 1 saturated carbocycles. The average molecular weight is 559 g/mol. The minimum atomic E-state index is -3.00. The Morgan fingerprint density at radius 2 is 1.70 bits per heavy atom. The van der Waals surface area contributed by atoms with Crippen molar-refractivity contribution in [1.29, 1.82) is 0 Å². The van der Waals surface area contributed by atoms with Crippen molar-refractivity contribution in [3.05, 3.63) is 40.2 Å². The number of likely N-dealkylation sites (N-methyl/N-ethyl adjacent to an activating group) is 1. The maximum absolute atomic E-state index is 14.0. The van der Waals surface area contributed by atoms with Crippen LogP contribution in [-0.2, 0) is 14.4 Å². The third-order valence-corrected chi connectivity index (χ3v) is 7.87. The second kappa shape index (κ2) is 9.32. The molecule has 0 spiro atoms. The van der Waals surface area contributed by atoms with Gasteiger partial charge in [0, 0.05) is 17.0 Å². The van der Waals surface area contributed by atoms with Crippen molar-refractivity contribution in [2.45, 2.75) is 56.9 Å². The molecule has 3 aliphatic rings. The highest BCUT2D eigenvalue weighted by Crippen LogP contribution is 2.56. The number of primary amides is 1. The summed E-state index contributed by atoms with van der Waals surface area (Å²) in [4.78, 5) is 53.0. The van der Waals surface area contributed by atoms with Crippen molar-refractivity contribution in [3.8, 4) is 5.75 Å². The van der Waals surface area contributed by atoms with Gasteiger partial charge < -0.3 is 41.9 Å². The number of anilines is 1. The van der Waals surface area contributed by atoms with Gasteiger partial charge in [0.25, 0.3) is 5.91 Å². The van der Waals surface area contributed by atoms with Gasteiger partial charge in [0.2, 0.25) is 5.78 Å². The maximum atomic E-state index is 14.0. The van der Waals surface area contributed by atoms with Crippen molar-refractivity contribution in [2.24, 2.45) is 17.6 Å². The minimum absolute atomic E-state index is 0.0895. The molecule has 1 aromatic rings. The van der Waals surface area contributed by atoms with Crippen LogP contribution in [0.5, 0.6) is 5.75 Å². The molecule has 40 heavy (non-hydrogen) atoms. The van der Waals surface area contributed by atoms with Gasteiger partial charge in [-0.05, 0) is 52.4 Å². The lowest BCUT2D eigenvalue weighted by Crippen LogP contribution is -2.70. The van der Waals surface area contributed by atoms with Gasteiger partial charge in [-0.2, -0.15) is 0 Å². The van der Waals surface area contributed by atoms with Crippen molar-refractivity contribution < 1.29 is 44.7 Å². The molecule has 0 radical (unpaired) electrons. The van der Waals surface area contributed by atoms with Gasteiger partial charge in [0.1, 0.15) is 22.8 Å². The molecule has 3 aliphatic carbocycles. The van der Waals surface area contributed by atoms with Crippen LogP contribution >= 0.6 is 0 Å². The third kappa shape index (κ3) is 4.03. The summed E-state index contributed by atoms with van der Waals surface area (Å²) in [6.07, 6.45) is -1.69. The van der Waals surface area contributed by atoms with E-state index in [9.17, 15) is 44.7 Å². The number of fused-ring (bicyclic) bond motifs is 3. The Kier molecular flexibility index (Phi) is 6.77. The van der Waals surface area contributed by atoms with E-state index in [0.29, 0.717) is 5.56 Å². The number of carbonyl (C=O) groups is 4. The normalized spacial score (nSPS) is 30.1. The number of hydrogen-bond donors (Lipinski definition) is 8. The van der Waals surface area contributed by atoms with Crippen LogP contribution in [0.25, 0.3) is 5.76 Å². The van der Waals surface area contributed by atoms with Gasteiger partial charge in [-0.15, -0.1) is 0 Å². The Morgan fingerprint density at radius 1 is 1.10 bits per heavy atom. The zero-order valence-electron chi connectivity index (χ0n) is 22.9. The first-order valence-electron chi connectivity index (χ1n) is 12.6. The first kappa shape index (κ1) is 29.1. The van der Waals surface area contributed by atoms with Crippen molar-refractivity contribution in [3.63, 3.8) is 0 Å². The predicted molar refractivity (Wildman–Crippen MR) is 142 cm³/mol. The number of aliphatic hydroxyl groups excluding tert-OH is 3. The van der Waals surface area contributed by atoms with E-state index in [-0.39, 0.29) is 11.3 Å². The fourth-order valence-electron chi connectivity index (χ4n) is 6.21. The molecule has 1 aromatic carbocycles.